The van der Waals surface area contributed by atoms with E-state index in [9.17, 15) is 14.0 Å². The van der Waals surface area contributed by atoms with Gasteiger partial charge < -0.3 is 10.4 Å². The van der Waals surface area contributed by atoms with Crippen molar-refractivity contribution >= 4 is 18.0 Å². The molecule has 1 unspecified atom stereocenters. The zero-order chi connectivity index (χ0) is 14.4. The van der Waals surface area contributed by atoms with Gasteiger partial charge >= 0.3 is 5.97 Å². The Balaban J connectivity index is 2.67. The van der Waals surface area contributed by atoms with Crippen molar-refractivity contribution < 1.29 is 19.1 Å². The van der Waals surface area contributed by atoms with E-state index in [0.717, 1.165) is 0 Å². The Labute approximate surface area is 110 Å². The summed E-state index contributed by atoms with van der Waals surface area (Å²) in [4.78, 5) is 22.5. The summed E-state index contributed by atoms with van der Waals surface area (Å²) in [6, 6.07) is 4.81. The quantitative estimate of drug-likeness (QED) is 0.801. The van der Waals surface area contributed by atoms with Crippen LogP contribution in [0.4, 0.5) is 4.39 Å². The van der Waals surface area contributed by atoms with E-state index in [2.05, 4.69) is 5.32 Å². The molecule has 0 aromatic heterocycles. The monoisotopic (exact) mass is 265 g/mol. The first kappa shape index (κ1) is 14.9. The molecule has 102 valence electrons. The molecule has 0 spiro atoms. The number of aliphatic carboxylic acids is 1. The second-order valence-electron chi connectivity index (χ2n) is 4.46. The van der Waals surface area contributed by atoms with Crippen LogP contribution in [0.15, 0.2) is 30.3 Å². The highest BCUT2D eigenvalue weighted by molar-refractivity contribution is 5.94. The molecule has 0 radical (unpaired) electrons. The van der Waals surface area contributed by atoms with Crippen molar-refractivity contribution in [3.05, 3.63) is 41.7 Å². The Hall–Kier alpha value is -2.17. The van der Waals surface area contributed by atoms with Crippen LogP contribution in [0, 0.1) is 11.7 Å². The van der Waals surface area contributed by atoms with Crippen LogP contribution in [0.1, 0.15) is 19.4 Å². The predicted octanol–water partition coefficient (Wildman–Crippen LogP) is 2.06. The molecule has 0 aliphatic rings. The third kappa shape index (κ3) is 4.91. The summed E-state index contributed by atoms with van der Waals surface area (Å²) in [6.07, 6.45) is 2.62. The van der Waals surface area contributed by atoms with Crippen LogP contribution < -0.4 is 5.32 Å². The minimum Gasteiger partial charge on any atom is -0.480 e. The van der Waals surface area contributed by atoms with Crippen LogP contribution in [0.25, 0.3) is 6.08 Å². The number of carboxylic acid groups (broad SMARTS) is 1. The van der Waals surface area contributed by atoms with Crippen molar-refractivity contribution in [1.82, 2.24) is 5.32 Å². The number of carbonyl (C=O) groups is 2. The Kier molecular flexibility index (Phi) is 5.23. The van der Waals surface area contributed by atoms with E-state index >= 15 is 0 Å². The molecule has 0 aliphatic carbocycles. The topological polar surface area (TPSA) is 66.4 Å². The zero-order valence-electron chi connectivity index (χ0n) is 10.8. The summed E-state index contributed by atoms with van der Waals surface area (Å²) in [7, 11) is 0. The molecule has 2 N–H and O–H groups in total. The third-order valence-corrected chi connectivity index (χ3v) is 2.51. The number of nitrogens with one attached hydrogen (secondary N) is 1. The molecule has 5 heteroatoms. The minimum absolute atomic E-state index is 0.219. The van der Waals surface area contributed by atoms with E-state index in [1.807, 2.05) is 0 Å². The summed E-state index contributed by atoms with van der Waals surface area (Å²) < 4.78 is 12.9. The van der Waals surface area contributed by atoms with Gasteiger partial charge in [-0.1, -0.05) is 26.0 Å². The van der Waals surface area contributed by atoms with Gasteiger partial charge in [0.15, 0.2) is 0 Å². The summed E-state index contributed by atoms with van der Waals surface area (Å²) >= 11 is 0. The molecule has 0 saturated carbocycles. The maximum Gasteiger partial charge on any atom is 0.326 e. The number of amides is 1. The molecule has 1 atom stereocenters. The van der Waals surface area contributed by atoms with Crippen LogP contribution in [-0.2, 0) is 9.59 Å². The molecule has 19 heavy (non-hydrogen) atoms. The molecule has 1 aromatic rings. The first-order chi connectivity index (χ1) is 8.90. The van der Waals surface area contributed by atoms with Crippen molar-refractivity contribution in [3.8, 4) is 0 Å². The standard InChI is InChI=1S/C14H16FNO3/c1-9(2)13(14(18)19)16-12(17)7-6-10-4-3-5-11(15)8-10/h3-9,13H,1-2H3,(H,16,17)(H,18,19). The second-order valence-corrected chi connectivity index (χ2v) is 4.46. The third-order valence-electron chi connectivity index (χ3n) is 2.51. The van der Waals surface area contributed by atoms with Crippen LogP contribution in [-0.4, -0.2) is 23.0 Å². The van der Waals surface area contributed by atoms with Gasteiger partial charge in [-0.05, 0) is 29.7 Å². The number of carbonyl (C=O) groups excluding carboxylic acids is 1. The maximum atomic E-state index is 12.9. The summed E-state index contributed by atoms with van der Waals surface area (Å²) in [5.74, 6) is -2.22. The molecule has 0 bridgehead atoms. The molecule has 1 rings (SSSR count). The Morgan fingerprint density at radius 3 is 2.58 bits per heavy atom. The fourth-order valence-electron chi connectivity index (χ4n) is 1.50. The van der Waals surface area contributed by atoms with Crippen molar-refractivity contribution in [3.63, 3.8) is 0 Å². The van der Waals surface area contributed by atoms with E-state index in [0.29, 0.717) is 5.56 Å². The normalized spacial score (nSPS) is 12.6. The van der Waals surface area contributed by atoms with Crippen LogP contribution in [0.3, 0.4) is 0 Å². The predicted molar refractivity (Wildman–Crippen MR) is 69.8 cm³/mol. The van der Waals surface area contributed by atoms with Gasteiger partial charge in [-0.3, -0.25) is 4.79 Å². The SMILES string of the molecule is CC(C)C(NC(=O)C=Cc1cccc(F)c1)C(=O)O. The van der Waals surface area contributed by atoms with Crippen molar-refractivity contribution in [2.45, 2.75) is 19.9 Å². The number of benzene rings is 1. The first-order valence-electron chi connectivity index (χ1n) is 5.87. The molecule has 0 aliphatic heterocycles. The van der Waals surface area contributed by atoms with Gasteiger partial charge in [-0.25, -0.2) is 9.18 Å². The van der Waals surface area contributed by atoms with Crippen molar-refractivity contribution in [2.75, 3.05) is 0 Å². The zero-order valence-corrected chi connectivity index (χ0v) is 10.8. The molecular weight excluding hydrogens is 249 g/mol. The number of hydrogen-bond donors (Lipinski definition) is 2. The van der Waals surface area contributed by atoms with Gasteiger partial charge in [-0.2, -0.15) is 0 Å². The lowest BCUT2D eigenvalue weighted by molar-refractivity contribution is -0.142. The smallest absolute Gasteiger partial charge is 0.326 e. The second kappa shape index (κ2) is 6.68. The van der Waals surface area contributed by atoms with E-state index in [1.165, 1.54) is 30.4 Å². The Bertz CT molecular complexity index is 497. The van der Waals surface area contributed by atoms with Gasteiger partial charge in [0.1, 0.15) is 11.9 Å². The Morgan fingerprint density at radius 1 is 1.37 bits per heavy atom. The average Bonchev–Trinajstić information content (AvgIpc) is 2.32. The Morgan fingerprint density at radius 2 is 2.05 bits per heavy atom. The van der Waals surface area contributed by atoms with Gasteiger partial charge in [0, 0.05) is 6.08 Å². The van der Waals surface area contributed by atoms with Gasteiger partial charge in [0.2, 0.25) is 5.91 Å². The number of carboxylic acids is 1. The lowest BCUT2D eigenvalue weighted by atomic mass is 10.0. The molecule has 0 saturated heterocycles. The average molecular weight is 265 g/mol. The fourth-order valence-corrected chi connectivity index (χ4v) is 1.50. The number of hydrogen-bond acceptors (Lipinski definition) is 2. The molecular formula is C14H16FNO3. The number of halogens is 1. The van der Waals surface area contributed by atoms with Crippen molar-refractivity contribution in [2.24, 2.45) is 5.92 Å². The molecule has 1 amide bonds. The maximum absolute atomic E-state index is 12.9. The summed E-state index contributed by atoms with van der Waals surface area (Å²) in [5, 5.41) is 11.3. The van der Waals surface area contributed by atoms with Gasteiger partial charge in [0.05, 0.1) is 0 Å². The highest BCUT2D eigenvalue weighted by atomic mass is 19.1. The highest BCUT2D eigenvalue weighted by Crippen LogP contribution is 2.06. The minimum atomic E-state index is -1.08. The van der Waals surface area contributed by atoms with E-state index < -0.39 is 23.7 Å². The van der Waals surface area contributed by atoms with E-state index in [1.54, 1.807) is 19.9 Å². The van der Waals surface area contributed by atoms with Gasteiger partial charge in [0.25, 0.3) is 0 Å². The lowest BCUT2D eigenvalue weighted by Gasteiger charge is -2.16. The van der Waals surface area contributed by atoms with Gasteiger partial charge in [-0.15, -0.1) is 0 Å². The van der Waals surface area contributed by atoms with Crippen LogP contribution in [0.5, 0.6) is 0 Å². The highest BCUT2D eigenvalue weighted by Gasteiger charge is 2.22. The largest absolute Gasteiger partial charge is 0.480 e. The lowest BCUT2D eigenvalue weighted by Crippen LogP contribution is -2.43. The van der Waals surface area contributed by atoms with Crippen LogP contribution in [0.2, 0.25) is 0 Å². The molecule has 0 heterocycles. The van der Waals surface area contributed by atoms with E-state index in [-0.39, 0.29) is 5.92 Å². The fraction of sp³-hybridized carbons (Fsp3) is 0.286. The number of rotatable bonds is 5. The van der Waals surface area contributed by atoms with Crippen molar-refractivity contribution in [1.29, 1.82) is 0 Å². The van der Waals surface area contributed by atoms with E-state index in [4.69, 9.17) is 5.11 Å². The molecule has 0 fully saturated rings. The summed E-state index contributed by atoms with van der Waals surface area (Å²) in [6.45, 7) is 3.41. The summed E-state index contributed by atoms with van der Waals surface area (Å²) in [5.41, 5.74) is 0.534. The van der Waals surface area contributed by atoms with Crippen LogP contribution >= 0.6 is 0 Å². The molecule has 1 aromatic carbocycles. The first-order valence-corrected chi connectivity index (χ1v) is 5.87. The molecule has 4 nitrogen and oxygen atoms in total.